The van der Waals surface area contributed by atoms with Crippen LogP contribution in [0.15, 0.2) is 36.5 Å². The molecule has 18 heavy (non-hydrogen) atoms. The fraction of sp³-hybridized carbons (Fsp3) is 0.143. The van der Waals surface area contributed by atoms with Crippen LogP contribution in [0.1, 0.15) is 21.5 Å². The minimum absolute atomic E-state index is 0.233. The first-order valence-electron chi connectivity index (χ1n) is 5.43. The monoisotopic (exact) mass is 245 g/mol. The zero-order valence-electron chi connectivity index (χ0n) is 10.1. The molecule has 1 heterocycles. The average Bonchev–Trinajstić information content (AvgIpc) is 2.41. The van der Waals surface area contributed by atoms with Crippen molar-refractivity contribution in [2.75, 3.05) is 7.11 Å². The summed E-state index contributed by atoms with van der Waals surface area (Å²) in [4.78, 5) is 16.2. The summed E-state index contributed by atoms with van der Waals surface area (Å²) in [6.07, 6.45) is 1.55. The molecule has 0 aliphatic carbocycles. The Morgan fingerprint density at radius 2 is 2.11 bits per heavy atom. The summed E-state index contributed by atoms with van der Waals surface area (Å²) in [6, 6.07) is 7.55. The lowest BCUT2D eigenvalue weighted by atomic mass is 10.0. The largest absolute Gasteiger partial charge is 0.480 e. The Balaban J connectivity index is 2.44. The number of methoxy groups -OCH3 is 1. The quantitative estimate of drug-likeness (QED) is 0.780. The van der Waals surface area contributed by atoms with Crippen LogP contribution < -0.4 is 4.74 Å². The van der Waals surface area contributed by atoms with Crippen LogP contribution in [0.25, 0.3) is 0 Å². The van der Waals surface area contributed by atoms with Gasteiger partial charge in [-0.15, -0.1) is 0 Å². The van der Waals surface area contributed by atoms with Crippen LogP contribution in [-0.2, 0) is 0 Å². The minimum Gasteiger partial charge on any atom is -0.480 e. The summed E-state index contributed by atoms with van der Waals surface area (Å²) < 4.78 is 18.2. The number of carbonyl (C=O) groups excluding carboxylic acids is 1. The van der Waals surface area contributed by atoms with Crippen molar-refractivity contribution in [3.8, 4) is 5.88 Å². The second-order valence-electron chi connectivity index (χ2n) is 3.85. The van der Waals surface area contributed by atoms with Gasteiger partial charge in [0, 0.05) is 11.8 Å². The van der Waals surface area contributed by atoms with Gasteiger partial charge < -0.3 is 4.74 Å². The molecule has 3 nitrogen and oxygen atoms in total. The highest BCUT2D eigenvalue weighted by atomic mass is 19.1. The molecular formula is C14H12FNO2. The summed E-state index contributed by atoms with van der Waals surface area (Å²) >= 11 is 0. The summed E-state index contributed by atoms with van der Waals surface area (Å²) in [6.45, 7) is 1.62. The van der Waals surface area contributed by atoms with E-state index in [2.05, 4.69) is 4.98 Å². The molecule has 0 spiro atoms. The fourth-order valence-electron chi connectivity index (χ4n) is 1.67. The zero-order chi connectivity index (χ0) is 13.1. The maximum absolute atomic E-state index is 13.2. The van der Waals surface area contributed by atoms with Gasteiger partial charge in [0.25, 0.3) is 0 Å². The second-order valence-corrected chi connectivity index (χ2v) is 3.85. The molecule has 0 saturated heterocycles. The Hall–Kier alpha value is -2.23. The van der Waals surface area contributed by atoms with Crippen molar-refractivity contribution in [1.82, 2.24) is 4.98 Å². The molecule has 0 radical (unpaired) electrons. The van der Waals surface area contributed by atoms with E-state index in [1.807, 2.05) is 0 Å². The molecule has 2 aromatic rings. The molecule has 1 aromatic carbocycles. The number of hydrogen-bond acceptors (Lipinski definition) is 3. The van der Waals surface area contributed by atoms with Crippen molar-refractivity contribution < 1.29 is 13.9 Å². The predicted molar refractivity (Wildman–Crippen MR) is 65.4 cm³/mol. The highest BCUT2D eigenvalue weighted by molar-refractivity contribution is 6.10. The Morgan fingerprint density at radius 3 is 2.78 bits per heavy atom. The first kappa shape index (κ1) is 12.2. The number of halogens is 1. The van der Waals surface area contributed by atoms with Gasteiger partial charge in [-0.2, -0.15) is 0 Å². The molecule has 0 bridgehead atoms. The molecule has 0 fully saturated rings. The molecule has 1 aromatic heterocycles. The molecule has 0 N–H and O–H groups in total. The Kier molecular flexibility index (Phi) is 3.37. The lowest BCUT2D eigenvalue weighted by molar-refractivity contribution is 0.103. The maximum atomic E-state index is 13.2. The highest BCUT2D eigenvalue weighted by Crippen LogP contribution is 2.19. The van der Waals surface area contributed by atoms with Crippen molar-refractivity contribution in [1.29, 1.82) is 0 Å². The van der Waals surface area contributed by atoms with E-state index >= 15 is 0 Å². The van der Waals surface area contributed by atoms with Crippen molar-refractivity contribution in [3.63, 3.8) is 0 Å². The first-order chi connectivity index (χ1) is 8.63. The number of ether oxygens (including phenoxy) is 1. The number of pyridine rings is 1. The van der Waals surface area contributed by atoms with Gasteiger partial charge in [0.15, 0.2) is 5.78 Å². The zero-order valence-corrected chi connectivity index (χ0v) is 10.1. The lowest BCUT2D eigenvalue weighted by Gasteiger charge is -2.06. The molecule has 0 aliphatic heterocycles. The molecule has 2 rings (SSSR count). The van der Waals surface area contributed by atoms with Crippen LogP contribution in [-0.4, -0.2) is 17.9 Å². The Morgan fingerprint density at radius 1 is 1.33 bits per heavy atom. The summed E-state index contributed by atoms with van der Waals surface area (Å²) in [5.74, 6) is -0.294. The molecular weight excluding hydrogens is 233 g/mol. The van der Waals surface area contributed by atoms with E-state index in [-0.39, 0.29) is 17.5 Å². The van der Waals surface area contributed by atoms with E-state index in [0.717, 1.165) is 0 Å². The highest BCUT2D eigenvalue weighted by Gasteiger charge is 2.15. The standard InChI is InChI=1S/C14H12FNO2/c1-9-8-10(5-6-12(9)15)13(17)11-4-3-7-16-14(11)18-2/h3-8H,1-2H3. The number of aromatic nitrogens is 1. The third-order valence-electron chi connectivity index (χ3n) is 2.63. The second kappa shape index (κ2) is 4.96. The number of ketones is 1. The van der Waals surface area contributed by atoms with Crippen LogP contribution in [0.4, 0.5) is 4.39 Å². The number of carbonyl (C=O) groups is 1. The summed E-state index contributed by atoms with van der Waals surface area (Å²) in [7, 11) is 1.45. The normalized spacial score (nSPS) is 10.2. The van der Waals surface area contributed by atoms with Crippen LogP contribution >= 0.6 is 0 Å². The molecule has 0 atom stereocenters. The molecule has 0 aliphatic rings. The number of hydrogen-bond donors (Lipinski definition) is 0. The van der Waals surface area contributed by atoms with E-state index < -0.39 is 0 Å². The summed E-state index contributed by atoms with van der Waals surface area (Å²) in [5.41, 5.74) is 1.22. The van der Waals surface area contributed by atoms with E-state index in [4.69, 9.17) is 4.74 Å². The van der Waals surface area contributed by atoms with Gasteiger partial charge in [-0.1, -0.05) is 0 Å². The summed E-state index contributed by atoms with van der Waals surface area (Å²) in [5, 5.41) is 0. The van der Waals surface area contributed by atoms with E-state index in [1.165, 1.54) is 25.3 Å². The van der Waals surface area contributed by atoms with Crippen LogP contribution in [0.2, 0.25) is 0 Å². The van der Waals surface area contributed by atoms with Crippen molar-refractivity contribution in [3.05, 3.63) is 59.0 Å². The van der Waals surface area contributed by atoms with E-state index in [1.54, 1.807) is 25.3 Å². The fourth-order valence-corrected chi connectivity index (χ4v) is 1.67. The molecule has 0 amide bonds. The number of rotatable bonds is 3. The van der Waals surface area contributed by atoms with Gasteiger partial charge in [0.05, 0.1) is 12.7 Å². The molecule has 0 saturated carbocycles. The smallest absolute Gasteiger partial charge is 0.224 e. The topological polar surface area (TPSA) is 39.2 Å². The first-order valence-corrected chi connectivity index (χ1v) is 5.43. The van der Waals surface area contributed by atoms with E-state index in [0.29, 0.717) is 16.7 Å². The Bertz CT molecular complexity index is 596. The SMILES string of the molecule is COc1ncccc1C(=O)c1ccc(F)c(C)c1. The van der Waals surface area contributed by atoms with Gasteiger partial charge in [-0.3, -0.25) is 4.79 Å². The van der Waals surface area contributed by atoms with Crippen molar-refractivity contribution in [2.45, 2.75) is 6.92 Å². The minimum atomic E-state index is -0.329. The number of nitrogens with zero attached hydrogens (tertiary/aromatic N) is 1. The predicted octanol–water partition coefficient (Wildman–Crippen LogP) is 2.77. The number of aryl methyl sites for hydroxylation is 1. The van der Waals surface area contributed by atoms with Gasteiger partial charge in [0.2, 0.25) is 5.88 Å². The van der Waals surface area contributed by atoms with Gasteiger partial charge in [-0.25, -0.2) is 9.37 Å². The molecule has 0 unspecified atom stereocenters. The lowest BCUT2D eigenvalue weighted by Crippen LogP contribution is -2.05. The van der Waals surface area contributed by atoms with Crippen molar-refractivity contribution in [2.24, 2.45) is 0 Å². The number of benzene rings is 1. The van der Waals surface area contributed by atoms with Gasteiger partial charge in [-0.05, 0) is 42.8 Å². The van der Waals surface area contributed by atoms with Crippen LogP contribution in [0.3, 0.4) is 0 Å². The Labute approximate surface area is 104 Å². The van der Waals surface area contributed by atoms with Crippen LogP contribution in [0, 0.1) is 12.7 Å². The van der Waals surface area contributed by atoms with Crippen LogP contribution in [0.5, 0.6) is 5.88 Å². The average molecular weight is 245 g/mol. The van der Waals surface area contributed by atoms with Gasteiger partial charge >= 0.3 is 0 Å². The third kappa shape index (κ3) is 2.22. The third-order valence-corrected chi connectivity index (χ3v) is 2.63. The molecule has 92 valence electrons. The van der Waals surface area contributed by atoms with E-state index in [9.17, 15) is 9.18 Å². The van der Waals surface area contributed by atoms with Crippen molar-refractivity contribution >= 4 is 5.78 Å². The maximum Gasteiger partial charge on any atom is 0.224 e. The molecule has 4 heteroatoms. The van der Waals surface area contributed by atoms with Gasteiger partial charge in [0.1, 0.15) is 5.82 Å².